The molecule has 22 heavy (non-hydrogen) atoms. The number of halogens is 3. The van der Waals surface area contributed by atoms with Crippen LogP contribution in [-0.2, 0) is 0 Å². The Morgan fingerprint density at radius 1 is 0.409 bits per heavy atom. The molecule has 0 aliphatic heterocycles. The van der Waals surface area contributed by atoms with Crippen LogP contribution in [-0.4, -0.2) is 8.80 Å². The van der Waals surface area contributed by atoms with E-state index in [4.69, 9.17) is 0 Å². The summed E-state index contributed by atoms with van der Waals surface area (Å²) in [6, 6.07) is 18.9. The molecule has 0 aromatic heterocycles. The molecule has 3 aromatic carbocycles. The van der Waals surface area contributed by atoms with Crippen molar-refractivity contribution < 1.29 is 13.2 Å². The van der Waals surface area contributed by atoms with E-state index in [-0.39, 0.29) is 17.5 Å². The fourth-order valence-corrected chi connectivity index (χ4v) is 4.85. The summed E-state index contributed by atoms with van der Waals surface area (Å²) in [6.45, 7) is 0. The molecule has 0 heterocycles. The summed E-state index contributed by atoms with van der Waals surface area (Å²) in [5.41, 5.74) is 0. The zero-order valence-electron chi connectivity index (χ0n) is 11.6. The van der Waals surface area contributed by atoms with Gasteiger partial charge in [0.15, 0.2) is 8.80 Å². The number of benzene rings is 3. The van der Waals surface area contributed by atoms with E-state index in [0.29, 0.717) is 0 Å². The first-order valence-electron chi connectivity index (χ1n) is 6.78. The first-order chi connectivity index (χ1) is 10.6. The smallest absolute Gasteiger partial charge is 0.154 e. The van der Waals surface area contributed by atoms with Crippen molar-refractivity contribution in [2.45, 2.75) is 0 Å². The highest BCUT2D eigenvalue weighted by atomic mass is 28.3. The average Bonchev–Trinajstić information content (AvgIpc) is 2.53. The van der Waals surface area contributed by atoms with Crippen molar-refractivity contribution in [3.8, 4) is 0 Å². The monoisotopic (exact) mass is 313 g/mol. The third-order valence-corrected chi connectivity index (χ3v) is 6.13. The largest absolute Gasteiger partial charge is 0.207 e. The van der Waals surface area contributed by atoms with Gasteiger partial charge in [-0.25, -0.2) is 13.2 Å². The molecule has 0 amide bonds. The van der Waals surface area contributed by atoms with E-state index in [9.17, 15) is 13.2 Å². The van der Waals surface area contributed by atoms with Crippen LogP contribution >= 0.6 is 0 Å². The van der Waals surface area contributed by atoms with Gasteiger partial charge >= 0.3 is 0 Å². The number of rotatable bonds is 3. The lowest BCUT2D eigenvalue weighted by Gasteiger charge is -2.16. The maximum absolute atomic E-state index is 13.2. The van der Waals surface area contributed by atoms with Gasteiger partial charge in [-0.3, -0.25) is 0 Å². The van der Waals surface area contributed by atoms with Gasteiger partial charge in [-0.05, 0) is 36.4 Å². The molecule has 0 aliphatic rings. The van der Waals surface area contributed by atoms with Crippen LogP contribution in [0, 0.1) is 17.5 Å². The first kappa shape index (κ1) is 14.6. The van der Waals surface area contributed by atoms with Crippen molar-refractivity contribution in [3.63, 3.8) is 0 Å². The third kappa shape index (κ3) is 3.12. The summed E-state index contributed by atoms with van der Waals surface area (Å²) in [7, 11) is -1.43. The van der Waals surface area contributed by atoms with E-state index < -0.39 is 8.80 Å². The predicted octanol–water partition coefficient (Wildman–Crippen LogP) is 2.62. The van der Waals surface area contributed by atoms with E-state index in [0.717, 1.165) is 15.6 Å². The van der Waals surface area contributed by atoms with E-state index in [2.05, 4.69) is 0 Å². The van der Waals surface area contributed by atoms with E-state index >= 15 is 0 Å². The van der Waals surface area contributed by atoms with Gasteiger partial charge < -0.3 is 0 Å². The summed E-state index contributed by atoms with van der Waals surface area (Å²) in [4.78, 5) is 0. The maximum Gasteiger partial charge on any atom is 0.154 e. The Hall–Kier alpha value is -2.33. The molecule has 0 unspecified atom stereocenters. The van der Waals surface area contributed by atoms with Gasteiger partial charge in [-0.15, -0.1) is 0 Å². The van der Waals surface area contributed by atoms with E-state index in [1.165, 1.54) is 36.4 Å². The lowest BCUT2D eigenvalue weighted by atomic mass is 10.3. The summed E-state index contributed by atoms with van der Waals surface area (Å²) in [5, 5.41) is 2.89. The van der Waals surface area contributed by atoms with Gasteiger partial charge in [0.25, 0.3) is 0 Å². The number of hydrogen-bond donors (Lipinski definition) is 0. The zero-order chi connectivity index (χ0) is 15.5. The Balaban J connectivity index is 2.10. The molecule has 3 aromatic rings. The highest BCUT2D eigenvalue weighted by Gasteiger charge is 2.19. The van der Waals surface area contributed by atoms with E-state index in [1.807, 2.05) is 0 Å². The molecule has 4 heteroatoms. The first-order valence-corrected chi connectivity index (χ1v) is 8.28. The second kappa shape index (κ2) is 6.20. The highest BCUT2D eigenvalue weighted by molar-refractivity contribution is 6.95. The van der Waals surface area contributed by atoms with Gasteiger partial charge in [0.05, 0.1) is 0 Å². The Bertz CT molecular complexity index is 642. The van der Waals surface area contributed by atoms with Crippen molar-refractivity contribution in [1.82, 2.24) is 0 Å². The van der Waals surface area contributed by atoms with Crippen molar-refractivity contribution in [2.75, 3.05) is 0 Å². The Morgan fingerprint density at radius 3 is 0.864 bits per heavy atom. The Labute approximate surface area is 128 Å². The second-order valence-corrected chi connectivity index (χ2v) is 7.38. The molecule has 109 valence electrons. The molecule has 0 saturated carbocycles. The van der Waals surface area contributed by atoms with Crippen LogP contribution in [0.25, 0.3) is 0 Å². The van der Waals surface area contributed by atoms with Crippen LogP contribution in [0.5, 0.6) is 0 Å². The van der Waals surface area contributed by atoms with Crippen molar-refractivity contribution >= 4 is 24.4 Å². The fourth-order valence-electron chi connectivity index (χ4n) is 2.35. The van der Waals surface area contributed by atoms with Gasteiger partial charge in [0.2, 0.25) is 0 Å². The predicted molar refractivity (Wildman–Crippen MR) is 83.9 cm³/mol. The minimum absolute atomic E-state index is 0.302. The molecule has 1 radical (unpaired) electrons. The maximum atomic E-state index is 13.2. The lowest BCUT2D eigenvalue weighted by molar-refractivity contribution is 0.628. The summed E-state index contributed by atoms with van der Waals surface area (Å²) in [6.07, 6.45) is 0. The quantitative estimate of drug-likeness (QED) is 0.515. The zero-order valence-corrected chi connectivity index (χ0v) is 12.6. The summed E-state index contributed by atoms with van der Waals surface area (Å²) < 4.78 is 39.5. The van der Waals surface area contributed by atoms with Crippen LogP contribution in [0.1, 0.15) is 0 Å². The Morgan fingerprint density at radius 2 is 0.636 bits per heavy atom. The van der Waals surface area contributed by atoms with Crippen LogP contribution < -0.4 is 15.6 Å². The van der Waals surface area contributed by atoms with Gasteiger partial charge in [-0.1, -0.05) is 52.0 Å². The van der Waals surface area contributed by atoms with Gasteiger partial charge in [-0.2, -0.15) is 0 Å². The van der Waals surface area contributed by atoms with Crippen LogP contribution in [0.4, 0.5) is 13.2 Å². The molecular formula is C18H12F3Si. The molecular weight excluding hydrogens is 301 g/mol. The normalized spacial score (nSPS) is 10.9. The van der Waals surface area contributed by atoms with Crippen molar-refractivity contribution in [3.05, 3.63) is 90.2 Å². The molecule has 3 rings (SSSR count). The summed E-state index contributed by atoms with van der Waals surface area (Å²) in [5.74, 6) is -0.907. The van der Waals surface area contributed by atoms with Gasteiger partial charge in [0.1, 0.15) is 17.5 Å². The SMILES string of the molecule is Fc1ccc([Si](c2ccc(F)cc2)c2ccc(F)cc2)cc1. The molecule has 0 atom stereocenters. The standard InChI is InChI=1S/C18H12F3Si/c19-13-1-7-16(8-2-13)22(17-9-3-14(20)4-10-17)18-11-5-15(21)6-12-18/h1-12H. The molecule has 0 bridgehead atoms. The molecule has 0 nitrogen and oxygen atoms in total. The van der Waals surface area contributed by atoms with Gasteiger partial charge in [0, 0.05) is 0 Å². The molecule has 0 spiro atoms. The van der Waals surface area contributed by atoms with Crippen molar-refractivity contribution in [2.24, 2.45) is 0 Å². The molecule has 0 saturated heterocycles. The van der Waals surface area contributed by atoms with Crippen LogP contribution in [0.3, 0.4) is 0 Å². The van der Waals surface area contributed by atoms with Crippen molar-refractivity contribution in [1.29, 1.82) is 0 Å². The van der Waals surface area contributed by atoms with Crippen LogP contribution in [0.15, 0.2) is 72.8 Å². The van der Waals surface area contributed by atoms with E-state index in [1.54, 1.807) is 36.4 Å². The summed E-state index contributed by atoms with van der Waals surface area (Å²) >= 11 is 0. The highest BCUT2D eigenvalue weighted by Crippen LogP contribution is 2.01. The average molecular weight is 313 g/mol. The molecule has 0 fully saturated rings. The second-order valence-electron chi connectivity index (χ2n) is 4.90. The molecule has 0 N–H and O–H groups in total. The van der Waals surface area contributed by atoms with Crippen LogP contribution in [0.2, 0.25) is 0 Å². The minimum Gasteiger partial charge on any atom is -0.207 e. The minimum atomic E-state index is -1.43. The third-order valence-electron chi connectivity index (χ3n) is 3.40. The fraction of sp³-hybridized carbons (Fsp3) is 0. The lowest BCUT2D eigenvalue weighted by Crippen LogP contribution is -2.51. The molecule has 0 aliphatic carbocycles. The number of hydrogen-bond acceptors (Lipinski definition) is 0. The Kier molecular flexibility index (Phi) is 4.11. The topological polar surface area (TPSA) is 0 Å².